The van der Waals surface area contributed by atoms with Crippen LogP contribution in [-0.2, 0) is 12.6 Å². The molecule has 0 saturated carbocycles. The first kappa shape index (κ1) is 15.2. The Morgan fingerprint density at radius 1 is 1.04 bits per heavy atom. The Morgan fingerprint density at radius 3 is 2.39 bits per heavy atom. The number of halogens is 3. The number of aromatic nitrogens is 4. The molecule has 0 aliphatic heterocycles. The number of hydrogen-bond donors (Lipinski definition) is 1. The Morgan fingerprint density at radius 2 is 1.78 bits per heavy atom. The van der Waals surface area contributed by atoms with Crippen LogP contribution in [0.1, 0.15) is 22.3 Å². The molecule has 0 spiro atoms. The number of benzene rings is 2. The predicted octanol–water partition coefficient (Wildman–Crippen LogP) is 3.78. The maximum absolute atomic E-state index is 12.6. The highest BCUT2D eigenvalue weighted by Crippen LogP contribution is 2.30. The van der Waals surface area contributed by atoms with Crippen LogP contribution in [0.25, 0.3) is 11.4 Å². The molecular formula is C16H13F3N4. The monoisotopic (exact) mass is 318 g/mol. The summed E-state index contributed by atoms with van der Waals surface area (Å²) in [5.41, 5.74) is 2.92. The standard InChI is InChI=1S/C16H13F3N4/c1-10-2-5-12(14(8-10)15-20-22-23-21-15)9-11-3-6-13(7-4-11)16(17,18)19/h2-8H,9H2,1H3,(H,20,21,22,23). The van der Waals surface area contributed by atoms with Gasteiger partial charge >= 0.3 is 6.18 Å². The molecule has 23 heavy (non-hydrogen) atoms. The summed E-state index contributed by atoms with van der Waals surface area (Å²) in [6.07, 6.45) is -3.83. The first-order valence-corrected chi connectivity index (χ1v) is 6.93. The molecule has 1 N–H and O–H groups in total. The van der Waals surface area contributed by atoms with Gasteiger partial charge in [-0.25, -0.2) is 0 Å². The Labute approximate surface area is 130 Å². The average Bonchev–Trinajstić information content (AvgIpc) is 3.03. The lowest BCUT2D eigenvalue weighted by Crippen LogP contribution is -2.04. The van der Waals surface area contributed by atoms with E-state index in [1.165, 1.54) is 12.1 Å². The number of hydrogen-bond acceptors (Lipinski definition) is 3. The third-order valence-electron chi connectivity index (χ3n) is 3.53. The third kappa shape index (κ3) is 3.39. The fraction of sp³-hybridized carbons (Fsp3) is 0.188. The van der Waals surface area contributed by atoms with E-state index in [-0.39, 0.29) is 0 Å². The maximum Gasteiger partial charge on any atom is 0.416 e. The van der Waals surface area contributed by atoms with Crippen LogP contribution in [0.15, 0.2) is 42.5 Å². The van der Waals surface area contributed by atoms with Gasteiger partial charge in [0.1, 0.15) is 0 Å². The number of aromatic amines is 1. The van der Waals surface area contributed by atoms with E-state index in [1.54, 1.807) is 0 Å². The van der Waals surface area contributed by atoms with Gasteiger partial charge in [-0.3, -0.25) is 0 Å². The molecule has 0 radical (unpaired) electrons. The molecule has 0 aliphatic rings. The van der Waals surface area contributed by atoms with E-state index in [2.05, 4.69) is 20.6 Å². The molecule has 1 aromatic heterocycles. The number of H-pyrrole nitrogens is 1. The summed E-state index contributed by atoms with van der Waals surface area (Å²) in [6, 6.07) is 11.0. The number of rotatable bonds is 3. The van der Waals surface area contributed by atoms with Crippen molar-refractivity contribution in [2.24, 2.45) is 0 Å². The van der Waals surface area contributed by atoms with Gasteiger partial charge in [0, 0.05) is 5.56 Å². The van der Waals surface area contributed by atoms with Crippen molar-refractivity contribution in [1.29, 1.82) is 0 Å². The van der Waals surface area contributed by atoms with E-state index in [1.807, 2.05) is 25.1 Å². The SMILES string of the molecule is Cc1ccc(Cc2ccc(C(F)(F)F)cc2)c(-c2nn[nH]n2)c1. The fourth-order valence-corrected chi connectivity index (χ4v) is 2.36. The van der Waals surface area contributed by atoms with Crippen LogP contribution < -0.4 is 0 Å². The largest absolute Gasteiger partial charge is 0.416 e. The molecular weight excluding hydrogens is 305 g/mol. The van der Waals surface area contributed by atoms with Gasteiger partial charge in [-0.15, -0.1) is 10.2 Å². The first-order valence-electron chi connectivity index (χ1n) is 6.93. The van der Waals surface area contributed by atoms with E-state index >= 15 is 0 Å². The lowest BCUT2D eigenvalue weighted by molar-refractivity contribution is -0.137. The molecule has 4 nitrogen and oxygen atoms in total. The molecule has 0 aliphatic carbocycles. The van der Waals surface area contributed by atoms with Gasteiger partial charge in [-0.05, 0) is 47.9 Å². The molecule has 1 heterocycles. The molecule has 2 aromatic carbocycles. The normalized spacial score (nSPS) is 11.7. The van der Waals surface area contributed by atoms with Crippen molar-refractivity contribution < 1.29 is 13.2 Å². The van der Waals surface area contributed by atoms with Crippen LogP contribution in [-0.4, -0.2) is 20.6 Å². The van der Waals surface area contributed by atoms with E-state index in [4.69, 9.17) is 0 Å². The van der Waals surface area contributed by atoms with Crippen molar-refractivity contribution in [2.45, 2.75) is 19.5 Å². The van der Waals surface area contributed by atoms with E-state index in [0.29, 0.717) is 12.2 Å². The average molecular weight is 318 g/mol. The summed E-state index contributed by atoms with van der Waals surface area (Å²) in [7, 11) is 0. The fourth-order valence-electron chi connectivity index (χ4n) is 2.36. The van der Waals surface area contributed by atoms with Gasteiger partial charge < -0.3 is 0 Å². The molecule has 0 bridgehead atoms. The molecule has 0 unspecified atom stereocenters. The Balaban J connectivity index is 1.91. The summed E-state index contributed by atoms with van der Waals surface area (Å²) in [5.74, 6) is 0.468. The lowest BCUT2D eigenvalue weighted by atomic mass is 9.97. The second kappa shape index (κ2) is 5.83. The molecule has 0 fully saturated rings. The minimum atomic E-state index is -4.32. The van der Waals surface area contributed by atoms with E-state index in [9.17, 15) is 13.2 Å². The van der Waals surface area contributed by atoms with Gasteiger partial charge in [-0.1, -0.05) is 29.8 Å². The molecule has 3 rings (SSSR count). The predicted molar refractivity (Wildman–Crippen MR) is 78.6 cm³/mol. The zero-order valence-electron chi connectivity index (χ0n) is 12.2. The van der Waals surface area contributed by atoms with Crippen molar-refractivity contribution in [3.8, 4) is 11.4 Å². The quantitative estimate of drug-likeness (QED) is 0.799. The van der Waals surface area contributed by atoms with Gasteiger partial charge in [0.05, 0.1) is 5.56 Å². The van der Waals surface area contributed by atoms with E-state index in [0.717, 1.165) is 34.4 Å². The summed E-state index contributed by atoms with van der Waals surface area (Å²) in [4.78, 5) is 0. The number of tetrazole rings is 1. The van der Waals surface area contributed by atoms with Crippen LogP contribution >= 0.6 is 0 Å². The zero-order valence-corrected chi connectivity index (χ0v) is 12.2. The van der Waals surface area contributed by atoms with Crippen molar-refractivity contribution in [1.82, 2.24) is 20.6 Å². The molecule has 118 valence electrons. The van der Waals surface area contributed by atoms with E-state index < -0.39 is 11.7 Å². The number of aryl methyl sites for hydroxylation is 1. The highest BCUT2D eigenvalue weighted by Gasteiger charge is 2.29. The summed E-state index contributed by atoms with van der Waals surface area (Å²) in [6.45, 7) is 1.95. The molecule has 7 heteroatoms. The topological polar surface area (TPSA) is 54.5 Å². The molecule has 0 atom stereocenters. The summed E-state index contributed by atoms with van der Waals surface area (Å²) < 4.78 is 37.8. The smallest absolute Gasteiger partial charge is 0.177 e. The summed E-state index contributed by atoms with van der Waals surface area (Å²) >= 11 is 0. The van der Waals surface area contributed by atoms with Gasteiger partial charge in [0.25, 0.3) is 0 Å². The highest BCUT2D eigenvalue weighted by molar-refractivity contribution is 5.61. The second-order valence-electron chi connectivity index (χ2n) is 5.27. The van der Waals surface area contributed by atoms with Crippen molar-refractivity contribution in [2.75, 3.05) is 0 Å². The van der Waals surface area contributed by atoms with Gasteiger partial charge in [-0.2, -0.15) is 18.4 Å². The minimum absolute atomic E-state index is 0.468. The van der Waals surface area contributed by atoms with Crippen LogP contribution in [0.3, 0.4) is 0 Å². The van der Waals surface area contributed by atoms with Crippen molar-refractivity contribution in [3.05, 3.63) is 64.7 Å². The van der Waals surface area contributed by atoms with Crippen LogP contribution in [0, 0.1) is 6.92 Å². The molecule has 0 amide bonds. The first-order chi connectivity index (χ1) is 10.9. The number of nitrogens with zero attached hydrogens (tertiary/aromatic N) is 3. The maximum atomic E-state index is 12.6. The molecule has 0 saturated heterocycles. The van der Waals surface area contributed by atoms with Crippen LogP contribution in [0.4, 0.5) is 13.2 Å². The minimum Gasteiger partial charge on any atom is -0.177 e. The summed E-state index contributed by atoms with van der Waals surface area (Å²) in [5, 5.41) is 13.9. The van der Waals surface area contributed by atoms with Crippen LogP contribution in [0.5, 0.6) is 0 Å². The number of nitrogens with one attached hydrogen (secondary N) is 1. The van der Waals surface area contributed by atoms with Gasteiger partial charge in [0.2, 0.25) is 5.82 Å². The Bertz CT molecular complexity index is 793. The molecule has 3 aromatic rings. The highest BCUT2D eigenvalue weighted by atomic mass is 19.4. The third-order valence-corrected chi connectivity index (χ3v) is 3.53. The van der Waals surface area contributed by atoms with Gasteiger partial charge in [0.15, 0.2) is 0 Å². The van der Waals surface area contributed by atoms with Crippen LogP contribution in [0.2, 0.25) is 0 Å². The second-order valence-corrected chi connectivity index (χ2v) is 5.27. The van der Waals surface area contributed by atoms with Crippen molar-refractivity contribution >= 4 is 0 Å². The zero-order chi connectivity index (χ0) is 16.4. The Kier molecular flexibility index (Phi) is 3.85. The Hall–Kier alpha value is -2.70. The number of alkyl halides is 3. The lowest BCUT2D eigenvalue weighted by Gasteiger charge is -2.10. The van der Waals surface area contributed by atoms with Crippen molar-refractivity contribution in [3.63, 3.8) is 0 Å².